The van der Waals surface area contributed by atoms with E-state index in [1.165, 1.54) is 11.8 Å². The maximum atomic E-state index is 8.33. The van der Waals surface area contributed by atoms with Gasteiger partial charge in [-0.1, -0.05) is 11.8 Å². The Morgan fingerprint density at radius 1 is 1.55 bits per heavy atom. The van der Waals surface area contributed by atoms with E-state index in [1.807, 2.05) is 25.0 Å². The third kappa shape index (κ3) is 3.28. The van der Waals surface area contributed by atoms with Crippen molar-refractivity contribution >= 4 is 16.9 Å². The van der Waals surface area contributed by atoms with Crippen LogP contribution in [-0.4, -0.2) is 29.4 Å². The molecule has 0 atom stereocenters. The van der Waals surface area contributed by atoms with E-state index in [9.17, 15) is 0 Å². The number of hydrogen-bond acceptors (Lipinski definition) is 3. The van der Waals surface area contributed by atoms with E-state index in [0.29, 0.717) is 0 Å². The highest BCUT2D eigenvalue weighted by Crippen LogP contribution is 2.03. The van der Waals surface area contributed by atoms with Gasteiger partial charge in [-0.15, -0.1) is 4.99 Å². The first kappa shape index (κ1) is 10.3. The number of hydrogen-bond donors (Lipinski definition) is 0. The van der Waals surface area contributed by atoms with Crippen LogP contribution in [0.4, 0.5) is 0 Å². The lowest BCUT2D eigenvalue weighted by Gasteiger charge is -2.19. The van der Waals surface area contributed by atoms with Gasteiger partial charge in [0.25, 0.3) is 0 Å². The van der Waals surface area contributed by atoms with Crippen LogP contribution in [0.15, 0.2) is 4.99 Å². The van der Waals surface area contributed by atoms with Crippen LogP contribution in [0.3, 0.4) is 0 Å². The molecule has 0 saturated carbocycles. The molecule has 0 saturated heterocycles. The highest BCUT2D eigenvalue weighted by Gasteiger charge is 2.04. The molecule has 0 aliphatic rings. The lowest BCUT2D eigenvalue weighted by molar-refractivity contribution is 0.475. The lowest BCUT2D eigenvalue weighted by Crippen LogP contribution is -2.27. The fraction of sp³-hybridized carbons (Fsp3) is 0.714. The quantitative estimate of drug-likeness (QED) is 0.359. The van der Waals surface area contributed by atoms with E-state index in [2.05, 4.69) is 4.99 Å². The molecule has 0 rings (SSSR count). The molecule has 0 bridgehead atoms. The molecule has 0 unspecified atom stereocenters. The number of nitrogens with zero attached hydrogens (tertiary/aromatic N) is 3. The second-order valence-corrected chi connectivity index (χ2v) is 2.64. The SMILES string of the molecule is CCN(CC)/C(=N\C#N)SC. The first-order valence-corrected chi connectivity index (χ1v) is 4.78. The van der Waals surface area contributed by atoms with Crippen LogP contribution in [0, 0.1) is 11.5 Å². The number of thioether (sulfide) groups is 1. The van der Waals surface area contributed by atoms with E-state index in [0.717, 1.165) is 18.3 Å². The zero-order valence-electron chi connectivity index (χ0n) is 7.16. The Morgan fingerprint density at radius 2 is 2.09 bits per heavy atom. The van der Waals surface area contributed by atoms with Crippen molar-refractivity contribution in [2.24, 2.45) is 4.99 Å². The maximum Gasteiger partial charge on any atom is 0.208 e. The van der Waals surface area contributed by atoms with Gasteiger partial charge in [-0.25, -0.2) is 0 Å². The van der Waals surface area contributed by atoms with Crippen molar-refractivity contribution < 1.29 is 0 Å². The molecule has 0 amide bonds. The van der Waals surface area contributed by atoms with Crippen LogP contribution in [0.25, 0.3) is 0 Å². The van der Waals surface area contributed by atoms with Gasteiger partial charge in [0.15, 0.2) is 5.17 Å². The second-order valence-electron chi connectivity index (χ2n) is 1.87. The predicted molar refractivity (Wildman–Crippen MR) is 49.5 cm³/mol. The summed E-state index contributed by atoms with van der Waals surface area (Å²) in [6, 6.07) is 0. The lowest BCUT2D eigenvalue weighted by atomic mass is 10.6. The number of rotatable bonds is 2. The Balaban J connectivity index is 4.24. The van der Waals surface area contributed by atoms with Crippen molar-refractivity contribution in [1.29, 1.82) is 5.26 Å². The topological polar surface area (TPSA) is 39.4 Å². The molecule has 0 aliphatic carbocycles. The summed E-state index contributed by atoms with van der Waals surface area (Å²) in [7, 11) is 0. The largest absolute Gasteiger partial charge is 0.351 e. The molecule has 0 radical (unpaired) electrons. The summed E-state index contributed by atoms with van der Waals surface area (Å²) in [4.78, 5) is 5.75. The molecule has 0 aliphatic heterocycles. The van der Waals surface area contributed by atoms with Crippen LogP contribution in [-0.2, 0) is 0 Å². The highest BCUT2D eigenvalue weighted by molar-refractivity contribution is 8.13. The standard InChI is InChI=1S/C7H13N3S/c1-4-10(5-2)7(11-3)9-6-8/h4-5H2,1-3H3/b9-7+. The van der Waals surface area contributed by atoms with E-state index >= 15 is 0 Å². The minimum atomic E-state index is 0.803. The van der Waals surface area contributed by atoms with Crippen LogP contribution in [0.2, 0.25) is 0 Å². The van der Waals surface area contributed by atoms with Crippen molar-refractivity contribution in [2.75, 3.05) is 19.3 Å². The van der Waals surface area contributed by atoms with Crippen molar-refractivity contribution in [3.8, 4) is 6.19 Å². The van der Waals surface area contributed by atoms with Gasteiger partial charge in [-0.2, -0.15) is 5.26 Å². The summed E-state index contributed by atoms with van der Waals surface area (Å²) in [5, 5.41) is 9.13. The van der Waals surface area contributed by atoms with Crippen LogP contribution in [0.1, 0.15) is 13.8 Å². The first-order valence-electron chi connectivity index (χ1n) is 3.55. The minimum absolute atomic E-state index is 0.803. The third-order valence-corrected chi connectivity index (χ3v) is 2.08. The summed E-state index contributed by atoms with van der Waals surface area (Å²) in [5.74, 6) is 0. The van der Waals surface area contributed by atoms with Gasteiger partial charge in [0.1, 0.15) is 0 Å². The van der Waals surface area contributed by atoms with Gasteiger partial charge in [0.05, 0.1) is 0 Å². The average Bonchev–Trinajstić information content (AvgIpc) is 2.05. The Bertz CT molecular complexity index is 167. The van der Waals surface area contributed by atoms with Crippen molar-refractivity contribution in [1.82, 2.24) is 4.90 Å². The van der Waals surface area contributed by atoms with Gasteiger partial charge >= 0.3 is 0 Å². The highest BCUT2D eigenvalue weighted by atomic mass is 32.2. The van der Waals surface area contributed by atoms with Gasteiger partial charge < -0.3 is 4.90 Å². The number of aliphatic imine (C=N–C) groups is 1. The Hall–Kier alpha value is -0.690. The minimum Gasteiger partial charge on any atom is -0.351 e. The summed E-state index contributed by atoms with van der Waals surface area (Å²) >= 11 is 1.51. The van der Waals surface area contributed by atoms with E-state index in [1.54, 1.807) is 6.19 Å². The number of nitriles is 1. The Morgan fingerprint density at radius 3 is 2.36 bits per heavy atom. The second kappa shape index (κ2) is 6.05. The summed E-state index contributed by atoms with van der Waals surface area (Å²) in [5.41, 5.74) is 0. The monoisotopic (exact) mass is 171 g/mol. The first-order chi connectivity index (χ1) is 5.29. The molecule has 0 N–H and O–H groups in total. The molecular formula is C7H13N3S. The predicted octanol–water partition coefficient (Wildman–Crippen LogP) is 1.53. The van der Waals surface area contributed by atoms with Crippen LogP contribution < -0.4 is 0 Å². The fourth-order valence-corrected chi connectivity index (χ4v) is 1.43. The smallest absolute Gasteiger partial charge is 0.208 e. The van der Waals surface area contributed by atoms with E-state index in [4.69, 9.17) is 5.26 Å². The Kier molecular flexibility index (Phi) is 5.67. The molecule has 0 fully saturated rings. The molecule has 0 aromatic rings. The Labute approximate surface area is 72.1 Å². The molecule has 0 heterocycles. The van der Waals surface area contributed by atoms with E-state index < -0.39 is 0 Å². The molecule has 0 aromatic carbocycles. The van der Waals surface area contributed by atoms with Crippen molar-refractivity contribution in [2.45, 2.75) is 13.8 Å². The average molecular weight is 171 g/mol. The third-order valence-electron chi connectivity index (χ3n) is 1.36. The molecule has 0 aromatic heterocycles. The zero-order valence-corrected chi connectivity index (χ0v) is 7.98. The van der Waals surface area contributed by atoms with Crippen LogP contribution >= 0.6 is 11.8 Å². The molecule has 11 heavy (non-hydrogen) atoms. The molecule has 4 heteroatoms. The zero-order chi connectivity index (χ0) is 8.69. The van der Waals surface area contributed by atoms with Gasteiger partial charge in [0.2, 0.25) is 6.19 Å². The molecule has 0 spiro atoms. The number of amidine groups is 1. The maximum absolute atomic E-state index is 8.33. The van der Waals surface area contributed by atoms with Crippen molar-refractivity contribution in [3.05, 3.63) is 0 Å². The fourth-order valence-electron chi connectivity index (χ4n) is 0.782. The van der Waals surface area contributed by atoms with E-state index in [-0.39, 0.29) is 0 Å². The molecular weight excluding hydrogens is 158 g/mol. The molecule has 62 valence electrons. The summed E-state index contributed by atoms with van der Waals surface area (Å²) in [6.45, 7) is 5.90. The summed E-state index contributed by atoms with van der Waals surface area (Å²) < 4.78 is 0. The van der Waals surface area contributed by atoms with Crippen molar-refractivity contribution in [3.63, 3.8) is 0 Å². The summed E-state index contributed by atoms with van der Waals surface area (Å²) in [6.07, 6.45) is 3.72. The van der Waals surface area contributed by atoms with Crippen LogP contribution in [0.5, 0.6) is 0 Å². The molecule has 3 nitrogen and oxygen atoms in total. The van der Waals surface area contributed by atoms with Gasteiger partial charge in [-0.3, -0.25) is 0 Å². The van der Waals surface area contributed by atoms with Gasteiger partial charge in [-0.05, 0) is 20.1 Å². The van der Waals surface area contributed by atoms with Gasteiger partial charge in [0, 0.05) is 13.1 Å². The normalized spacial score (nSPS) is 10.9.